The van der Waals surface area contributed by atoms with Crippen molar-refractivity contribution in [1.29, 1.82) is 0 Å². The molecule has 0 saturated heterocycles. The van der Waals surface area contributed by atoms with Crippen molar-refractivity contribution >= 4 is 5.97 Å². The van der Waals surface area contributed by atoms with E-state index in [-0.39, 0.29) is 17.9 Å². The number of hydrogen-bond acceptors (Lipinski definition) is 6. The Kier molecular flexibility index (Phi) is 3.69. The van der Waals surface area contributed by atoms with Gasteiger partial charge in [-0.25, -0.2) is 4.79 Å². The minimum Gasteiger partial charge on any atom is -0.462 e. The number of rotatable bonds is 4. The highest BCUT2D eigenvalue weighted by Crippen LogP contribution is 2.23. The van der Waals surface area contributed by atoms with Gasteiger partial charge in [-0.3, -0.25) is 4.98 Å². The number of aliphatic hydroxyl groups is 1. The molecule has 0 fully saturated rings. The Hall–Kier alpha value is -2.21. The van der Waals surface area contributed by atoms with Crippen molar-refractivity contribution < 1.29 is 19.2 Å². The molecule has 2 heterocycles. The predicted octanol–water partition coefficient (Wildman–Crippen LogP) is 1.33. The molecule has 6 heteroatoms. The molecule has 0 spiro atoms. The van der Waals surface area contributed by atoms with E-state index >= 15 is 0 Å². The van der Waals surface area contributed by atoms with E-state index in [1.807, 2.05) is 0 Å². The number of nitrogens with zero attached hydrogens (tertiary/aromatic N) is 2. The summed E-state index contributed by atoms with van der Waals surface area (Å²) >= 11 is 0. The quantitative estimate of drug-likeness (QED) is 0.821. The fourth-order valence-electron chi connectivity index (χ4n) is 1.50. The molecule has 18 heavy (non-hydrogen) atoms. The molecule has 2 aromatic rings. The van der Waals surface area contributed by atoms with Crippen LogP contribution in [0.25, 0.3) is 0 Å². The molecule has 0 aliphatic heterocycles. The second kappa shape index (κ2) is 5.42. The van der Waals surface area contributed by atoms with Crippen LogP contribution in [0.1, 0.15) is 34.6 Å². The van der Waals surface area contributed by atoms with Gasteiger partial charge in [0.15, 0.2) is 0 Å². The van der Waals surface area contributed by atoms with Gasteiger partial charge < -0.3 is 14.4 Å². The van der Waals surface area contributed by atoms with Gasteiger partial charge in [0.05, 0.1) is 6.61 Å². The largest absolute Gasteiger partial charge is 0.462 e. The Labute approximate surface area is 103 Å². The van der Waals surface area contributed by atoms with Gasteiger partial charge in [0.2, 0.25) is 0 Å². The summed E-state index contributed by atoms with van der Waals surface area (Å²) in [5, 5.41) is 13.8. The summed E-state index contributed by atoms with van der Waals surface area (Å²) in [4.78, 5) is 15.5. The van der Waals surface area contributed by atoms with Crippen LogP contribution in [0.5, 0.6) is 0 Å². The summed E-state index contributed by atoms with van der Waals surface area (Å²) in [6, 6.07) is 3.37. The number of esters is 1. The van der Waals surface area contributed by atoms with Crippen LogP contribution in [0.15, 0.2) is 35.3 Å². The zero-order chi connectivity index (χ0) is 13.0. The number of pyridine rings is 1. The van der Waals surface area contributed by atoms with Crippen LogP contribution in [-0.2, 0) is 4.74 Å². The fourth-order valence-corrected chi connectivity index (χ4v) is 1.50. The van der Waals surface area contributed by atoms with Crippen molar-refractivity contribution in [3.63, 3.8) is 0 Å². The molecule has 0 bridgehead atoms. The molecule has 0 saturated carbocycles. The minimum absolute atomic E-state index is 0.119. The number of aliphatic hydroxyl groups excluding tert-OH is 1. The highest BCUT2D eigenvalue weighted by Gasteiger charge is 2.24. The molecule has 2 rings (SSSR count). The van der Waals surface area contributed by atoms with E-state index in [9.17, 15) is 9.90 Å². The van der Waals surface area contributed by atoms with E-state index in [1.54, 1.807) is 25.3 Å². The Bertz CT molecular complexity index is 524. The second-order valence-corrected chi connectivity index (χ2v) is 3.52. The van der Waals surface area contributed by atoms with Gasteiger partial charge in [-0.05, 0) is 13.0 Å². The molecule has 94 valence electrons. The van der Waals surface area contributed by atoms with E-state index in [2.05, 4.69) is 10.1 Å². The molecule has 0 aliphatic carbocycles. The molecule has 2 aromatic heterocycles. The summed E-state index contributed by atoms with van der Waals surface area (Å²) in [5.41, 5.74) is 0.770. The fraction of sp³-hybridized carbons (Fsp3) is 0.250. The average molecular weight is 248 g/mol. The molecule has 0 radical (unpaired) electrons. The summed E-state index contributed by atoms with van der Waals surface area (Å²) in [5.74, 6) is -0.573. The van der Waals surface area contributed by atoms with Crippen molar-refractivity contribution in [3.05, 3.63) is 47.6 Å². The van der Waals surface area contributed by atoms with Gasteiger partial charge in [0.1, 0.15) is 23.6 Å². The molecular formula is C12H12N2O4. The first kappa shape index (κ1) is 12.3. The van der Waals surface area contributed by atoms with E-state index < -0.39 is 12.1 Å². The maximum Gasteiger partial charge on any atom is 0.343 e. The Morgan fingerprint density at radius 2 is 2.44 bits per heavy atom. The normalized spacial score (nSPS) is 12.1. The van der Waals surface area contributed by atoms with E-state index in [0.717, 1.165) is 6.26 Å². The van der Waals surface area contributed by atoms with E-state index in [1.165, 1.54) is 6.20 Å². The summed E-state index contributed by atoms with van der Waals surface area (Å²) in [6.07, 6.45) is 3.17. The first-order valence-electron chi connectivity index (χ1n) is 5.43. The lowest BCUT2D eigenvalue weighted by Gasteiger charge is -2.08. The van der Waals surface area contributed by atoms with Crippen LogP contribution in [-0.4, -0.2) is 27.8 Å². The van der Waals surface area contributed by atoms with Crippen LogP contribution < -0.4 is 0 Å². The third-order valence-corrected chi connectivity index (χ3v) is 2.35. The highest BCUT2D eigenvalue weighted by molar-refractivity contribution is 5.90. The average Bonchev–Trinajstić information content (AvgIpc) is 2.88. The Morgan fingerprint density at radius 3 is 3.11 bits per heavy atom. The molecule has 6 nitrogen and oxygen atoms in total. The number of carbonyl (C=O) groups excluding carboxylic acids is 1. The molecule has 0 amide bonds. The van der Waals surface area contributed by atoms with Gasteiger partial charge in [0.25, 0.3) is 0 Å². The van der Waals surface area contributed by atoms with Gasteiger partial charge in [-0.2, -0.15) is 0 Å². The monoisotopic (exact) mass is 248 g/mol. The highest BCUT2D eigenvalue weighted by atomic mass is 16.5. The van der Waals surface area contributed by atoms with Crippen LogP contribution in [0, 0.1) is 0 Å². The summed E-state index contributed by atoms with van der Waals surface area (Å²) in [7, 11) is 0. The zero-order valence-corrected chi connectivity index (χ0v) is 9.74. The zero-order valence-electron chi connectivity index (χ0n) is 9.74. The Morgan fingerprint density at radius 1 is 1.61 bits per heavy atom. The van der Waals surface area contributed by atoms with Gasteiger partial charge in [-0.1, -0.05) is 11.2 Å². The van der Waals surface area contributed by atoms with Crippen molar-refractivity contribution in [1.82, 2.24) is 10.1 Å². The van der Waals surface area contributed by atoms with Gasteiger partial charge >= 0.3 is 5.97 Å². The summed E-state index contributed by atoms with van der Waals surface area (Å²) in [6.45, 7) is 1.94. The van der Waals surface area contributed by atoms with E-state index in [0.29, 0.717) is 5.56 Å². The Balaban J connectivity index is 2.29. The lowest BCUT2D eigenvalue weighted by molar-refractivity contribution is 0.0520. The van der Waals surface area contributed by atoms with E-state index in [4.69, 9.17) is 9.26 Å². The first-order valence-corrected chi connectivity index (χ1v) is 5.43. The smallest absolute Gasteiger partial charge is 0.343 e. The predicted molar refractivity (Wildman–Crippen MR) is 60.8 cm³/mol. The third kappa shape index (κ3) is 2.38. The topological polar surface area (TPSA) is 85.5 Å². The van der Waals surface area contributed by atoms with Gasteiger partial charge in [-0.15, -0.1) is 0 Å². The molecule has 1 N–H and O–H groups in total. The number of hydrogen-bond donors (Lipinski definition) is 1. The SMILES string of the molecule is CCOC(=O)c1conc1C(O)c1cccnc1. The molecule has 1 atom stereocenters. The first-order chi connectivity index (χ1) is 8.74. The lowest BCUT2D eigenvalue weighted by atomic mass is 10.1. The van der Waals surface area contributed by atoms with Crippen molar-refractivity contribution in [2.45, 2.75) is 13.0 Å². The standard InChI is InChI=1S/C12H12N2O4/c1-2-17-12(16)9-7-18-14-10(9)11(15)8-4-3-5-13-6-8/h3-7,11,15H,2H2,1H3. The van der Waals surface area contributed by atoms with Crippen molar-refractivity contribution in [2.75, 3.05) is 6.61 Å². The second-order valence-electron chi connectivity index (χ2n) is 3.52. The third-order valence-electron chi connectivity index (χ3n) is 2.35. The van der Waals surface area contributed by atoms with Crippen LogP contribution in [0.3, 0.4) is 0 Å². The van der Waals surface area contributed by atoms with Crippen LogP contribution >= 0.6 is 0 Å². The maximum atomic E-state index is 11.6. The van der Waals surface area contributed by atoms with Crippen molar-refractivity contribution in [3.8, 4) is 0 Å². The maximum absolute atomic E-state index is 11.6. The van der Waals surface area contributed by atoms with Crippen molar-refractivity contribution in [2.24, 2.45) is 0 Å². The molecule has 0 aliphatic rings. The molecular weight excluding hydrogens is 236 g/mol. The van der Waals surface area contributed by atoms with Gasteiger partial charge in [0, 0.05) is 18.0 Å². The minimum atomic E-state index is -1.07. The van der Waals surface area contributed by atoms with Crippen LogP contribution in [0.4, 0.5) is 0 Å². The number of aromatic nitrogens is 2. The molecule has 1 unspecified atom stereocenters. The van der Waals surface area contributed by atoms with Crippen LogP contribution in [0.2, 0.25) is 0 Å². The summed E-state index contributed by atoms with van der Waals surface area (Å²) < 4.78 is 9.57. The number of carbonyl (C=O) groups is 1. The lowest BCUT2D eigenvalue weighted by Crippen LogP contribution is -2.10. The number of ether oxygens (including phenoxy) is 1. The molecule has 0 aromatic carbocycles.